The van der Waals surface area contributed by atoms with Crippen LogP contribution < -0.4 is 10.1 Å². The Labute approximate surface area is 136 Å². The molecule has 0 radical (unpaired) electrons. The van der Waals surface area contributed by atoms with Crippen molar-refractivity contribution >= 4 is 17.5 Å². The second-order valence-corrected chi connectivity index (χ2v) is 6.62. The first-order valence-electron chi connectivity index (χ1n) is 7.87. The fourth-order valence-electron chi connectivity index (χ4n) is 2.79. The lowest BCUT2D eigenvalue weighted by Gasteiger charge is -2.28. The maximum atomic E-state index is 12.5. The number of benzene rings is 1. The molecule has 1 aromatic rings. The molecule has 2 rings (SSSR count). The summed E-state index contributed by atoms with van der Waals surface area (Å²) in [6.45, 7) is 4.08. The molecule has 0 heterocycles. The van der Waals surface area contributed by atoms with E-state index in [-0.39, 0.29) is 24.7 Å². The van der Waals surface area contributed by atoms with Crippen molar-refractivity contribution in [2.24, 2.45) is 5.92 Å². The van der Waals surface area contributed by atoms with Crippen LogP contribution in [0.2, 0.25) is 5.02 Å². The van der Waals surface area contributed by atoms with Gasteiger partial charge in [0.1, 0.15) is 5.75 Å². The maximum Gasteiger partial charge on any atom is 0.255 e. The molecule has 0 saturated heterocycles. The van der Waals surface area contributed by atoms with Crippen LogP contribution in [-0.4, -0.2) is 29.8 Å². The summed E-state index contributed by atoms with van der Waals surface area (Å²) < 4.78 is 5.69. The van der Waals surface area contributed by atoms with E-state index in [2.05, 4.69) is 5.32 Å². The van der Waals surface area contributed by atoms with Gasteiger partial charge in [0.05, 0.1) is 11.7 Å². The highest BCUT2D eigenvalue weighted by molar-refractivity contribution is 6.31. The lowest BCUT2D eigenvalue weighted by atomic mass is 9.86. The van der Waals surface area contributed by atoms with Crippen molar-refractivity contribution < 1.29 is 14.6 Å². The lowest BCUT2D eigenvalue weighted by molar-refractivity contribution is 0.0908. The number of aliphatic hydroxyl groups excluding tert-OH is 1. The molecule has 0 bridgehead atoms. The average molecular weight is 326 g/mol. The first-order valence-corrected chi connectivity index (χ1v) is 8.25. The normalized spacial score (nSPS) is 21.7. The molecule has 122 valence electrons. The van der Waals surface area contributed by atoms with E-state index in [0.717, 1.165) is 25.7 Å². The van der Waals surface area contributed by atoms with Gasteiger partial charge in [-0.15, -0.1) is 0 Å². The molecule has 1 aliphatic carbocycles. The van der Waals surface area contributed by atoms with E-state index in [1.165, 1.54) is 0 Å². The number of carbonyl (C=O) groups excluding carboxylic acids is 1. The number of halogens is 1. The van der Waals surface area contributed by atoms with E-state index in [4.69, 9.17) is 21.4 Å². The zero-order valence-electron chi connectivity index (χ0n) is 13.1. The third-order valence-corrected chi connectivity index (χ3v) is 4.22. The molecular weight excluding hydrogens is 302 g/mol. The van der Waals surface area contributed by atoms with E-state index in [1.807, 2.05) is 13.8 Å². The minimum absolute atomic E-state index is 0.00674. The fourth-order valence-corrected chi connectivity index (χ4v) is 2.96. The van der Waals surface area contributed by atoms with Gasteiger partial charge in [-0.05, 0) is 63.6 Å². The van der Waals surface area contributed by atoms with Crippen LogP contribution >= 0.6 is 11.6 Å². The maximum absolute atomic E-state index is 12.5. The molecule has 1 amide bonds. The Balaban J connectivity index is 2.04. The van der Waals surface area contributed by atoms with Crippen molar-refractivity contribution in [3.63, 3.8) is 0 Å². The van der Waals surface area contributed by atoms with Crippen molar-refractivity contribution in [2.75, 3.05) is 6.61 Å². The zero-order chi connectivity index (χ0) is 16.1. The molecule has 1 saturated carbocycles. The molecule has 1 aromatic carbocycles. The van der Waals surface area contributed by atoms with Gasteiger partial charge in [-0.25, -0.2) is 0 Å². The summed E-state index contributed by atoms with van der Waals surface area (Å²) in [5, 5.41) is 12.7. The summed E-state index contributed by atoms with van der Waals surface area (Å²) in [4.78, 5) is 12.5. The topological polar surface area (TPSA) is 58.6 Å². The second-order valence-electron chi connectivity index (χ2n) is 6.18. The predicted octanol–water partition coefficient (Wildman–Crippen LogP) is 3.41. The summed E-state index contributed by atoms with van der Waals surface area (Å²) in [7, 11) is 0. The zero-order valence-corrected chi connectivity index (χ0v) is 13.9. The van der Waals surface area contributed by atoms with Crippen molar-refractivity contribution in [1.82, 2.24) is 5.32 Å². The van der Waals surface area contributed by atoms with Gasteiger partial charge in [0.15, 0.2) is 0 Å². The van der Waals surface area contributed by atoms with Crippen molar-refractivity contribution in [2.45, 2.75) is 51.7 Å². The summed E-state index contributed by atoms with van der Waals surface area (Å²) in [5.74, 6) is 0.783. The van der Waals surface area contributed by atoms with E-state index in [9.17, 15) is 4.79 Å². The van der Waals surface area contributed by atoms with Crippen LogP contribution in [0.3, 0.4) is 0 Å². The van der Waals surface area contributed by atoms with Gasteiger partial charge in [0.2, 0.25) is 0 Å². The van der Waals surface area contributed by atoms with Crippen LogP contribution in [0.25, 0.3) is 0 Å². The molecule has 0 aliphatic heterocycles. The summed E-state index contributed by atoms with van der Waals surface area (Å²) in [5.41, 5.74) is 0.477. The Morgan fingerprint density at radius 1 is 1.36 bits per heavy atom. The summed E-state index contributed by atoms with van der Waals surface area (Å²) in [6.07, 6.45) is 3.70. The average Bonchev–Trinajstić information content (AvgIpc) is 2.49. The van der Waals surface area contributed by atoms with Gasteiger partial charge in [-0.2, -0.15) is 0 Å². The van der Waals surface area contributed by atoms with E-state index in [0.29, 0.717) is 22.3 Å². The summed E-state index contributed by atoms with van der Waals surface area (Å²) in [6, 6.07) is 5.26. The molecule has 5 heteroatoms. The fraction of sp³-hybridized carbons (Fsp3) is 0.588. The quantitative estimate of drug-likeness (QED) is 0.872. The number of amides is 1. The molecule has 0 unspecified atom stereocenters. The molecule has 2 N–H and O–H groups in total. The van der Waals surface area contributed by atoms with Gasteiger partial charge in [0, 0.05) is 17.7 Å². The molecule has 0 spiro atoms. The highest BCUT2D eigenvalue weighted by Gasteiger charge is 2.23. The Bertz CT molecular complexity index is 511. The van der Waals surface area contributed by atoms with Crippen molar-refractivity contribution in [3.05, 3.63) is 28.8 Å². The number of ether oxygens (including phenoxy) is 1. The predicted molar refractivity (Wildman–Crippen MR) is 87.5 cm³/mol. The monoisotopic (exact) mass is 325 g/mol. The molecule has 22 heavy (non-hydrogen) atoms. The van der Waals surface area contributed by atoms with Crippen LogP contribution in [0.5, 0.6) is 5.75 Å². The van der Waals surface area contributed by atoms with Gasteiger partial charge in [-0.3, -0.25) is 4.79 Å². The number of rotatable bonds is 5. The molecular formula is C17H24ClNO3. The van der Waals surface area contributed by atoms with Crippen LogP contribution in [0.15, 0.2) is 18.2 Å². The van der Waals surface area contributed by atoms with Crippen LogP contribution in [0.1, 0.15) is 49.9 Å². The van der Waals surface area contributed by atoms with Crippen molar-refractivity contribution in [3.8, 4) is 5.75 Å². The highest BCUT2D eigenvalue weighted by atomic mass is 35.5. The molecule has 1 aliphatic rings. The first kappa shape index (κ1) is 17.1. The van der Waals surface area contributed by atoms with Gasteiger partial charge in [0.25, 0.3) is 5.91 Å². The molecule has 0 atom stereocenters. The SMILES string of the molecule is CC(C)Oc1ccc(Cl)cc1C(=O)NC1CCC(CO)CC1. The minimum atomic E-state index is -0.148. The Hall–Kier alpha value is -1.26. The third kappa shape index (κ3) is 4.62. The van der Waals surface area contributed by atoms with E-state index < -0.39 is 0 Å². The van der Waals surface area contributed by atoms with Gasteiger partial charge >= 0.3 is 0 Å². The van der Waals surface area contributed by atoms with Gasteiger partial charge in [-0.1, -0.05) is 11.6 Å². The highest BCUT2D eigenvalue weighted by Crippen LogP contribution is 2.26. The molecule has 0 aromatic heterocycles. The van der Waals surface area contributed by atoms with E-state index in [1.54, 1.807) is 18.2 Å². The summed E-state index contributed by atoms with van der Waals surface area (Å²) >= 11 is 6.01. The van der Waals surface area contributed by atoms with Crippen LogP contribution in [-0.2, 0) is 0 Å². The molecule has 4 nitrogen and oxygen atoms in total. The smallest absolute Gasteiger partial charge is 0.255 e. The Morgan fingerprint density at radius 2 is 2.05 bits per heavy atom. The van der Waals surface area contributed by atoms with Gasteiger partial charge < -0.3 is 15.2 Å². The van der Waals surface area contributed by atoms with E-state index >= 15 is 0 Å². The standard InChI is InChI=1S/C17H24ClNO3/c1-11(2)22-16-8-5-13(18)9-15(16)17(21)19-14-6-3-12(10-20)4-7-14/h5,8-9,11-12,14,20H,3-4,6-7,10H2,1-2H3,(H,19,21). The number of nitrogens with one attached hydrogen (secondary N) is 1. The number of hydrogen-bond acceptors (Lipinski definition) is 3. The second kappa shape index (κ2) is 7.84. The van der Waals surface area contributed by atoms with Crippen molar-refractivity contribution in [1.29, 1.82) is 0 Å². The number of aliphatic hydroxyl groups is 1. The Kier molecular flexibility index (Phi) is 6.09. The Morgan fingerprint density at radius 3 is 2.64 bits per heavy atom. The third-order valence-electron chi connectivity index (χ3n) is 3.99. The largest absolute Gasteiger partial charge is 0.490 e. The first-order chi connectivity index (χ1) is 10.5. The minimum Gasteiger partial charge on any atom is -0.490 e. The number of hydrogen-bond donors (Lipinski definition) is 2. The lowest BCUT2D eigenvalue weighted by Crippen LogP contribution is -2.38. The molecule has 1 fully saturated rings. The van der Waals surface area contributed by atoms with Crippen LogP contribution in [0, 0.1) is 5.92 Å². The van der Waals surface area contributed by atoms with Crippen LogP contribution in [0.4, 0.5) is 0 Å². The number of carbonyl (C=O) groups is 1.